The first-order chi connectivity index (χ1) is 8.59. The Morgan fingerprint density at radius 1 is 1.06 bits per heavy atom. The molecule has 1 N–H and O–H groups in total. The number of benzene rings is 2. The van der Waals surface area contributed by atoms with Crippen LogP contribution >= 0.6 is 43.5 Å². The van der Waals surface area contributed by atoms with Crippen LogP contribution in [0.2, 0.25) is 5.02 Å². The zero-order valence-corrected chi connectivity index (χ0v) is 13.7. The lowest BCUT2D eigenvalue weighted by Gasteiger charge is -2.18. The quantitative estimate of drug-likeness (QED) is 0.675. The predicted molar refractivity (Wildman–Crippen MR) is 85.3 cm³/mol. The molecule has 0 heterocycles. The third kappa shape index (κ3) is 3.08. The lowest BCUT2D eigenvalue weighted by atomic mass is 10.1. The molecule has 94 valence electrons. The van der Waals surface area contributed by atoms with Crippen LogP contribution in [0.3, 0.4) is 0 Å². The lowest BCUT2D eigenvalue weighted by Crippen LogP contribution is -2.07. The van der Waals surface area contributed by atoms with Crippen LogP contribution in [0.1, 0.15) is 18.5 Å². The molecule has 0 aromatic heterocycles. The Morgan fingerprint density at radius 3 is 2.50 bits per heavy atom. The maximum Gasteiger partial charge on any atom is 0.0593 e. The van der Waals surface area contributed by atoms with E-state index in [0.717, 1.165) is 14.6 Å². The Kier molecular flexibility index (Phi) is 4.71. The van der Waals surface area contributed by atoms with E-state index < -0.39 is 0 Å². The number of halogens is 3. The van der Waals surface area contributed by atoms with Gasteiger partial charge in [-0.1, -0.05) is 51.8 Å². The zero-order valence-electron chi connectivity index (χ0n) is 9.75. The molecular weight excluding hydrogens is 377 g/mol. The summed E-state index contributed by atoms with van der Waals surface area (Å²) in [4.78, 5) is 0. The molecule has 0 bridgehead atoms. The molecule has 2 rings (SSSR count). The summed E-state index contributed by atoms with van der Waals surface area (Å²) in [5, 5.41) is 4.15. The van der Waals surface area contributed by atoms with E-state index in [-0.39, 0.29) is 6.04 Å². The molecule has 4 heteroatoms. The highest BCUT2D eigenvalue weighted by atomic mass is 79.9. The van der Waals surface area contributed by atoms with Crippen LogP contribution in [0.5, 0.6) is 0 Å². The predicted octanol–water partition coefficient (Wildman–Crippen LogP) is 6.04. The fourth-order valence-electron chi connectivity index (χ4n) is 1.75. The molecule has 1 atom stereocenters. The summed E-state index contributed by atoms with van der Waals surface area (Å²) < 4.78 is 1.99. The fraction of sp³-hybridized carbons (Fsp3) is 0.143. The molecule has 0 saturated carbocycles. The van der Waals surface area contributed by atoms with Gasteiger partial charge in [0.25, 0.3) is 0 Å². The molecule has 0 aliphatic rings. The largest absolute Gasteiger partial charge is 0.378 e. The second-order valence-corrected chi connectivity index (χ2v) is 6.04. The van der Waals surface area contributed by atoms with Gasteiger partial charge < -0.3 is 5.32 Å². The molecule has 0 aliphatic carbocycles. The Balaban J connectivity index is 2.24. The minimum atomic E-state index is 0.190. The van der Waals surface area contributed by atoms with Crippen molar-refractivity contribution in [2.24, 2.45) is 0 Å². The van der Waals surface area contributed by atoms with Crippen molar-refractivity contribution >= 4 is 49.1 Å². The monoisotopic (exact) mass is 387 g/mol. The number of nitrogens with one attached hydrogen (secondary N) is 1. The second kappa shape index (κ2) is 6.09. The first kappa shape index (κ1) is 13.9. The van der Waals surface area contributed by atoms with Crippen LogP contribution in [0.15, 0.2) is 51.4 Å². The summed E-state index contributed by atoms with van der Waals surface area (Å²) in [7, 11) is 0. The maximum absolute atomic E-state index is 6.08. The Bertz CT molecular complexity index is 557. The van der Waals surface area contributed by atoms with E-state index in [1.54, 1.807) is 0 Å². The number of hydrogen-bond donors (Lipinski definition) is 1. The van der Waals surface area contributed by atoms with E-state index in [1.165, 1.54) is 5.56 Å². The maximum atomic E-state index is 6.08. The minimum absolute atomic E-state index is 0.190. The molecule has 1 unspecified atom stereocenters. The molecule has 2 aromatic rings. The molecule has 0 fully saturated rings. The molecule has 0 amide bonds. The molecule has 0 radical (unpaired) electrons. The molecule has 1 nitrogen and oxygen atoms in total. The fourth-order valence-corrected chi connectivity index (χ4v) is 2.93. The average Bonchev–Trinajstić information content (AvgIpc) is 2.35. The van der Waals surface area contributed by atoms with E-state index in [4.69, 9.17) is 11.6 Å². The van der Waals surface area contributed by atoms with Crippen molar-refractivity contribution in [1.29, 1.82) is 0 Å². The van der Waals surface area contributed by atoms with Crippen LogP contribution in [0.4, 0.5) is 5.69 Å². The summed E-state index contributed by atoms with van der Waals surface area (Å²) in [6.07, 6.45) is 0. The molecule has 0 saturated heterocycles. The summed E-state index contributed by atoms with van der Waals surface area (Å²) >= 11 is 13.1. The smallest absolute Gasteiger partial charge is 0.0593 e. The van der Waals surface area contributed by atoms with E-state index in [2.05, 4.69) is 50.2 Å². The van der Waals surface area contributed by atoms with E-state index >= 15 is 0 Å². The van der Waals surface area contributed by atoms with Gasteiger partial charge in [0.2, 0.25) is 0 Å². The second-order valence-electron chi connectivity index (χ2n) is 3.99. The van der Waals surface area contributed by atoms with Gasteiger partial charge in [0.15, 0.2) is 0 Å². The van der Waals surface area contributed by atoms with Gasteiger partial charge in [-0.2, -0.15) is 0 Å². The molecular formula is C14H12Br2ClN. The lowest BCUT2D eigenvalue weighted by molar-refractivity contribution is 0.878. The molecule has 0 spiro atoms. The summed E-state index contributed by atoms with van der Waals surface area (Å²) in [6.45, 7) is 2.12. The first-order valence-corrected chi connectivity index (χ1v) is 7.51. The van der Waals surface area contributed by atoms with Gasteiger partial charge >= 0.3 is 0 Å². The number of rotatable bonds is 3. The van der Waals surface area contributed by atoms with Crippen molar-refractivity contribution in [3.05, 3.63) is 62.0 Å². The molecule has 18 heavy (non-hydrogen) atoms. The van der Waals surface area contributed by atoms with Gasteiger partial charge in [0.1, 0.15) is 0 Å². The van der Waals surface area contributed by atoms with E-state index in [0.29, 0.717) is 5.02 Å². The Morgan fingerprint density at radius 2 is 1.78 bits per heavy atom. The van der Waals surface area contributed by atoms with Gasteiger partial charge in [0, 0.05) is 10.5 Å². The van der Waals surface area contributed by atoms with Crippen LogP contribution in [-0.4, -0.2) is 0 Å². The zero-order chi connectivity index (χ0) is 13.1. The highest BCUT2D eigenvalue weighted by molar-refractivity contribution is 9.11. The highest BCUT2D eigenvalue weighted by Gasteiger charge is 2.11. The van der Waals surface area contributed by atoms with E-state index in [1.807, 2.05) is 36.4 Å². The van der Waals surface area contributed by atoms with Crippen molar-refractivity contribution in [3.63, 3.8) is 0 Å². The third-order valence-corrected chi connectivity index (χ3v) is 4.82. The highest BCUT2D eigenvalue weighted by Crippen LogP contribution is 2.33. The minimum Gasteiger partial charge on any atom is -0.378 e. The van der Waals surface area contributed by atoms with Gasteiger partial charge in [-0.05, 0) is 46.6 Å². The summed E-state index contributed by atoms with van der Waals surface area (Å²) in [5.74, 6) is 0. The van der Waals surface area contributed by atoms with Crippen molar-refractivity contribution in [1.82, 2.24) is 0 Å². The van der Waals surface area contributed by atoms with E-state index in [9.17, 15) is 0 Å². The standard InChI is InChI=1S/C14H12Br2ClN/c1-9(10-5-2-3-6-11(10)15)18-13-8-4-7-12(17)14(13)16/h2-9,18H,1H3. The number of hydrogen-bond acceptors (Lipinski definition) is 1. The normalized spacial score (nSPS) is 12.2. The third-order valence-electron chi connectivity index (χ3n) is 2.70. The summed E-state index contributed by atoms with van der Waals surface area (Å²) in [5.41, 5.74) is 2.20. The van der Waals surface area contributed by atoms with Crippen molar-refractivity contribution in [2.45, 2.75) is 13.0 Å². The Labute approximate surface area is 129 Å². The molecule has 2 aromatic carbocycles. The van der Waals surface area contributed by atoms with Gasteiger partial charge in [-0.25, -0.2) is 0 Å². The van der Waals surface area contributed by atoms with Crippen molar-refractivity contribution < 1.29 is 0 Å². The van der Waals surface area contributed by atoms with Crippen LogP contribution in [0.25, 0.3) is 0 Å². The van der Waals surface area contributed by atoms with Gasteiger partial charge in [-0.15, -0.1) is 0 Å². The van der Waals surface area contributed by atoms with Crippen LogP contribution < -0.4 is 5.32 Å². The first-order valence-electron chi connectivity index (χ1n) is 5.54. The average molecular weight is 390 g/mol. The van der Waals surface area contributed by atoms with Crippen molar-refractivity contribution in [2.75, 3.05) is 5.32 Å². The van der Waals surface area contributed by atoms with Crippen LogP contribution in [0, 0.1) is 0 Å². The Hall–Kier alpha value is -0.510. The molecule has 0 aliphatic heterocycles. The van der Waals surface area contributed by atoms with Gasteiger partial charge in [0.05, 0.1) is 15.2 Å². The van der Waals surface area contributed by atoms with Gasteiger partial charge in [-0.3, -0.25) is 0 Å². The number of anilines is 1. The summed E-state index contributed by atoms with van der Waals surface area (Å²) in [6, 6.07) is 14.2. The topological polar surface area (TPSA) is 12.0 Å². The van der Waals surface area contributed by atoms with Crippen molar-refractivity contribution in [3.8, 4) is 0 Å². The van der Waals surface area contributed by atoms with Crippen LogP contribution in [-0.2, 0) is 0 Å². The SMILES string of the molecule is CC(Nc1cccc(Cl)c1Br)c1ccccc1Br.